The lowest BCUT2D eigenvalue weighted by molar-refractivity contribution is -0.114. The lowest BCUT2D eigenvalue weighted by atomic mass is 10.2. The summed E-state index contributed by atoms with van der Waals surface area (Å²) in [6.45, 7) is 1.34. The first-order chi connectivity index (χ1) is 11.8. The molecule has 2 aromatic rings. The van der Waals surface area contributed by atoms with Crippen LogP contribution < -0.4 is 14.8 Å². The van der Waals surface area contributed by atoms with Crippen molar-refractivity contribution in [1.82, 2.24) is 0 Å². The summed E-state index contributed by atoms with van der Waals surface area (Å²) < 4.78 is 37.4. The van der Waals surface area contributed by atoms with E-state index in [-0.39, 0.29) is 27.1 Å². The third kappa shape index (κ3) is 4.28. The van der Waals surface area contributed by atoms with E-state index in [1.807, 2.05) is 0 Å². The molecule has 0 saturated heterocycles. The highest BCUT2D eigenvalue weighted by Gasteiger charge is 2.25. The van der Waals surface area contributed by atoms with Gasteiger partial charge in [0.25, 0.3) is 10.0 Å². The van der Waals surface area contributed by atoms with Gasteiger partial charge in [-0.1, -0.05) is 0 Å². The lowest BCUT2D eigenvalue weighted by Gasteiger charge is -2.13. The summed E-state index contributed by atoms with van der Waals surface area (Å²) in [5.74, 6) is -0.786. The van der Waals surface area contributed by atoms with E-state index in [2.05, 4.69) is 14.8 Å². The van der Waals surface area contributed by atoms with Crippen LogP contribution in [0.15, 0.2) is 34.5 Å². The number of methoxy groups -OCH3 is 2. The van der Waals surface area contributed by atoms with Gasteiger partial charge in [-0.15, -0.1) is 11.3 Å². The molecule has 0 spiro atoms. The monoisotopic (exact) mass is 384 g/mol. The van der Waals surface area contributed by atoms with Crippen LogP contribution in [0.25, 0.3) is 0 Å². The van der Waals surface area contributed by atoms with Crippen molar-refractivity contribution in [3.8, 4) is 5.75 Å². The molecule has 25 heavy (non-hydrogen) atoms. The molecule has 0 unspecified atom stereocenters. The maximum atomic E-state index is 12.7. The van der Waals surface area contributed by atoms with Gasteiger partial charge in [0.15, 0.2) is 0 Å². The van der Waals surface area contributed by atoms with Crippen LogP contribution >= 0.6 is 11.3 Å². The highest BCUT2D eigenvalue weighted by Crippen LogP contribution is 2.31. The van der Waals surface area contributed by atoms with Crippen LogP contribution in [-0.2, 0) is 19.6 Å². The van der Waals surface area contributed by atoms with Gasteiger partial charge in [-0.2, -0.15) is 0 Å². The summed E-state index contributed by atoms with van der Waals surface area (Å²) in [4.78, 5) is 22.7. The minimum absolute atomic E-state index is 0.0352. The van der Waals surface area contributed by atoms with Crippen molar-refractivity contribution in [3.05, 3.63) is 34.5 Å². The number of hydrogen-bond donors (Lipinski definition) is 2. The number of benzene rings is 1. The maximum Gasteiger partial charge on any atom is 0.349 e. The van der Waals surface area contributed by atoms with Crippen LogP contribution in [0.4, 0.5) is 11.4 Å². The van der Waals surface area contributed by atoms with Gasteiger partial charge in [0.05, 0.1) is 19.9 Å². The first kappa shape index (κ1) is 18.7. The first-order valence-electron chi connectivity index (χ1n) is 6.92. The minimum atomic E-state index is -4.07. The van der Waals surface area contributed by atoms with Crippen molar-refractivity contribution >= 4 is 44.6 Å². The number of thiophene rings is 1. The van der Waals surface area contributed by atoms with Crippen LogP contribution in [0.1, 0.15) is 16.6 Å². The second kappa shape index (κ2) is 7.53. The van der Waals surface area contributed by atoms with Crippen molar-refractivity contribution in [2.24, 2.45) is 0 Å². The molecule has 1 aromatic heterocycles. The number of ether oxygens (including phenoxy) is 2. The molecule has 0 aliphatic rings. The van der Waals surface area contributed by atoms with Crippen molar-refractivity contribution in [1.29, 1.82) is 0 Å². The van der Waals surface area contributed by atoms with Gasteiger partial charge in [-0.25, -0.2) is 13.2 Å². The molecule has 1 heterocycles. The highest BCUT2D eigenvalue weighted by molar-refractivity contribution is 7.93. The number of hydrogen-bond acceptors (Lipinski definition) is 7. The molecule has 0 aliphatic carbocycles. The summed E-state index contributed by atoms with van der Waals surface area (Å²) in [5.41, 5.74) is 0.514. The van der Waals surface area contributed by atoms with E-state index < -0.39 is 16.0 Å². The Bertz CT molecular complexity index is 904. The zero-order chi connectivity index (χ0) is 18.6. The summed E-state index contributed by atoms with van der Waals surface area (Å²) in [6, 6.07) is 5.81. The van der Waals surface area contributed by atoms with Gasteiger partial charge in [-0.3, -0.25) is 9.52 Å². The predicted molar refractivity (Wildman–Crippen MR) is 93.8 cm³/mol. The number of rotatable bonds is 6. The number of esters is 1. The number of carbonyl (C=O) groups excluding carboxylic acids is 2. The molecule has 0 aliphatic heterocycles. The van der Waals surface area contributed by atoms with Gasteiger partial charge in [0.1, 0.15) is 15.5 Å². The second-order valence-electron chi connectivity index (χ2n) is 4.81. The van der Waals surface area contributed by atoms with E-state index in [4.69, 9.17) is 4.74 Å². The van der Waals surface area contributed by atoms with Gasteiger partial charge in [-0.05, 0) is 29.6 Å². The smallest absolute Gasteiger partial charge is 0.349 e. The maximum absolute atomic E-state index is 12.7. The molecule has 0 radical (unpaired) electrons. The zero-order valence-electron chi connectivity index (χ0n) is 13.7. The molecule has 1 aromatic carbocycles. The molecule has 0 saturated carbocycles. The minimum Gasteiger partial charge on any atom is -0.495 e. The molecule has 0 bridgehead atoms. The van der Waals surface area contributed by atoms with Gasteiger partial charge < -0.3 is 14.8 Å². The SMILES string of the molecule is COC(=O)c1sccc1S(=O)(=O)Nc1cc(NC(C)=O)ccc1OC. The lowest BCUT2D eigenvalue weighted by Crippen LogP contribution is -2.16. The molecule has 2 rings (SSSR count). The second-order valence-corrected chi connectivity index (χ2v) is 7.37. The summed E-state index contributed by atoms with van der Waals surface area (Å²) in [6.07, 6.45) is 0. The normalized spacial score (nSPS) is 10.8. The Morgan fingerprint density at radius 2 is 1.88 bits per heavy atom. The number of sulfonamides is 1. The van der Waals surface area contributed by atoms with Gasteiger partial charge in [0.2, 0.25) is 5.91 Å². The van der Waals surface area contributed by atoms with E-state index in [1.54, 1.807) is 6.07 Å². The average molecular weight is 384 g/mol. The first-order valence-corrected chi connectivity index (χ1v) is 9.29. The van der Waals surface area contributed by atoms with Crippen molar-refractivity contribution < 1.29 is 27.5 Å². The van der Waals surface area contributed by atoms with Crippen molar-refractivity contribution in [3.63, 3.8) is 0 Å². The van der Waals surface area contributed by atoms with Crippen LogP contribution in [0, 0.1) is 0 Å². The standard InChI is InChI=1S/C15H16N2O6S2/c1-9(18)16-10-4-5-12(22-2)11(8-10)17-25(20,21)13-6-7-24-14(13)15(19)23-3/h4-8,17H,1-3H3,(H,16,18). The molecule has 134 valence electrons. The molecular formula is C15H16N2O6S2. The van der Waals surface area contributed by atoms with E-state index in [9.17, 15) is 18.0 Å². The number of nitrogens with one attached hydrogen (secondary N) is 2. The summed E-state index contributed by atoms with van der Waals surface area (Å²) >= 11 is 0.959. The fraction of sp³-hybridized carbons (Fsp3) is 0.200. The molecular weight excluding hydrogens is 368 g/mol. The van der Waals surface area contributed by atoms with Crippen LogP contribution in [0.5, 0.6) is 5.75 Å². The Hall–Kier alpha value is -2.59. The fourth-order valence-electron chi connectivity index (χ4n) is 2.02. The van der Waals surface area contributed by atoms with Crippen LogP contribution in [-0.4, -0.2) is 34.5 Å². The van der Waals surface area contributed by atoms with E-state index >= 15 is 0 Å². The Labute approximate surface area is 148 Å². The van der Waals surface area contributed by atoms with Crippen molar-refractivity contribution in [2.75, 3.05) is 24.3 Å². The third-order valence-corrected chi connectivity index (χ3v) is 5.49. The summed E-state index contributed by atoms with van der Waals surface area (Å²) in [5, 5.41) is 4.03. The van der Waals surface area contributed by atoms with E-state index in [1.165, 1.54) is 44.7 Å². The van der Waals surface area contributed by atoms with Crippen LogP contribution in [0.2, 0.25) is 0 Å². The van der Waals surface area contributed by atoms with E-state index in [0.717, 1.165) is 11.3 Å². The summed E-state index contributed by atoms with van der Waals surface area (Å²) in [7, 11) is -1.51. The molecule has 0 atom stereocenters. The Morgan fingerprint density at radius 1 is 1.16 bits per heavy atom. The average Bonchev–Trinajstić information content (AvgIpc) is 3.04. The molecule has 10 heteroatoms. The highest BCUT2D eigenvalue weighted by atomic mass is 32.2. The van der Waals surface area contributed by atoms with Gasteiger partial charge in [0, 0.05) is 12.6 Å². The number of carbonyl (C=O) groups is 2. The largest absolute Gasteiger partial charge is 0.495 e. The Morgan fingerprint density at radius 3 is 2.48 bits per heavy atom. The zero-order valence-corrected chi connectivity index (χ0v) is 15.3. The molecule has 0 fully saturated rings. The molecule has 2 N–H and O–H groups in total. The third-order valence-electron chi connectivity index (χ3n) is 3.05. The van der Waals surface area contributed by atoms with Gasteiger partial charge >= 0.3 is 5.97 Å². The number of amides is 1. The predicted octanol–water partition coefficient (Wildman–Crippen LogP) is 2.30. The molecule has 1 amide bonds. The van der Waals surface area contributed by atoms with E-state index in [0.29, 0.717) is 5.69 Å². The molecule has 8 nitrogen and oxygen atoms in total. The Balaban J connectivity index is 2.42. The quantitative estimate of drug-likeness (QED) is 0.740. The fourth-order valence-corrected chi connectivity index (χ4v) is 4.42. The topological polar surface area (TPSA) is 111 Å². The van der Waals surface area contributed by atoms with Crippen LogP contribution in [0.3, 0.4) is 0 Å². The number of anilines is 2. The Kier molecular flexibility index (Phi) is 5.65. The van der Waals surface area contributed by atoms with Crippen molar-refractivity contribution in [2.45, 2.75) is 11.8 Å².